The molecule has 1 aliphatic rings. The highest BCUT2D eigenvalue weighted by atomic mass is 16.6. The molecule has 0 atom stereocenters. The van der Waals surface area contributed by atoms with Crippen molar-refractivity contribution in [3.8, 4) is 5.75 Å². The molecule has 1 aromatic carbocycles. The van der Waals surface area contributed by atoms with Gasteiger partial charge in [0, 0.05) is 0 Å². The van der Waals surface area contributed by atoms with Crippen LogP contribution in [0.1, 0.15) is 26.3 Å². The predicted molar refractivity (Wildman–Crippen MR) is 70.4 cm³/mol. The van der Waals surface area contributed by atoms with Crippen molar-refractivity contribution in [1.29, 1.82) is 0 Å². The van der Waals surface area contributed by atoms with E-state index >= 15 is 0 Å². The zero-order chi connectivity index (χ0) is 14.2. The Balaban J connectivity index is 2.37. The lowest BCUT2D eigenvalue weighted by molar-refractivity contribution is -0.121. The van der Waals surface area contributed by atoms with Crippen LogP contribution in [0.15, 0.2) is 18.2 Å². The quantitative estimate of drug-likeness (QED) is 0.722. The van der Waals surface area contributed by atoms with Crippen LogP contribution in [0.3, 0.4) is 0 Å². The number of hydrogen-bond acceptors (Lipinski definition) is 4. The number of aryl methyl sites for hydroxylation is 1. The number of anilines is 1. The number of hydrogen-bond donors (Lipinski definition) is 0. The minimum Gasteiger partial charge on any atom is -0.482 e. The van der Waals surface area contributed by atoms with E-state index in [-0.39, 0.29) is 6.61 Å². The summed E-state index contributed by atoms with van der Waals surface area (Å²) in [6, 6.07) is 5.34. The molecule has 1 aromatic rings. The average Bonchev–Trinajstić information content (AvgIpc) is 2.25. The normalized spacial score (nSPS) is 14.7. The van der Waals surface area contributed by atoms with E-state index < -0.39 is 17.6 Å². The van der Waals surface area contributed by atoms with Gasteiger partial charge in [0.1, 0.15) is 11.4 Å². The molecule has 19 heavy (non-hydrogen) atoms. The van der Waals surface area contributed by atoms with Crippen molar-refractivity contribution in [3.05, 3.63) is 23.8 Å². The first-order chi connectivity index (χ1) is 8.78. The molecule has 0 bridgehead atoms. The first kappa shape index (κ1) is 13.4. The van der Waals surface area contributed by atoms with Gasteiger partial charge in [-0.3, -0.25) is 4.79 Å². The Morgan fingerprint density at radius 2 is 2.05 bits per heavy atom. The number of carbonyl (C=O) groups is 2. The van der Waals surface area contributed by atoms with E-state index in [9.17, 15) is 9.59 Å². The van der Waals surface area contributed by atoms with Crippen LogP contribution in [0.25, 0.3) is 0 Å². The molecular weight excluding hydrogens is 246 g/mol. The maximum atomic E-state index is 12.1. The first-order valence-electron chi connectivity index (χ1n) is 6.07. The largest absolute Gasteiger partial charge is 0.482 e. The summed E-state index contributed by atoms with van der Waals surface area (Å²) in [4.78, 5) is 25.1. The third-order valence-electron chi connectivity index (χ3n) is 2.53. The zero-order valence-electron chi connectivity index (χ0n) is 11.5. The van der Waals surface area contributed by atoms with Crippen LogP contribution in [0.4, 0.5) is 10.5 Å². The molecule has 0 fully saturated rings. The molecule has 1 aliphatic heterocycles. The molecule has 0 unspecified atom stereocenters. The molecule has 102 valence electrons. The molecule has 0 saturated carbocycles. The van der Waals surface area contributed by atoms with Crippen molar-refractivity contribution >= 4 is 17.7 Å². The van der Waals surface area contributed by atoms with E-state index in [1.165, 1.54) is 0 Å². The molecule has 5 heteroatoms. The van der Waals surface area contributed by atoms with Gasteiger partial charge in [-0.15, -0.1) is 0 Å². The summed E-state index contributed by atoms with van der Waals surface area (Å²) in [6.07, 6.45) is -0.673. The molecule has 1 heterocycles. The molecule has 2 rings (SSSR count). The van der Waals surface area contributed by atoms with Crippen molar-refractivity contribution in [2.24, 2.45) is 0 Å². The summed E-state index contributed by atoms with van der Waals surface area (Å²) >= 11 is 0. The van der Waals surface area contributed by atoms with Gasteiger partial charge >= 0.3 is 6.09 Å². The van der Waals surface area contributed by atoms with Crippen molar-refractivity contribution in [3.63, 3.8) is 0 Å². The second-order valence-corrected chi connectivity index (χ2v) is 5.47. The van der Waals surface area contributed by atoms with E-state index in [4.69, 9.17) is 9.47 Å². The maximum absolute atomic E-state index is 12.1. The fourth-order valence-electron chi connectivity index (χ4n) is 1.77. The molecule has 0 aromatic heterocycles. The summed E-state index contributed by atoms with van der Waals surface area (Å²) in [5, 5.41) is 0. The number of imide groups is 1. The molecule has 2 amide bonds. The molecule has 0 spiro atoms. The topological polar surface area (TPSA) is 55.8 Å². The fourth-order valence-corrected chi connectivity index (χ4v) is 1.77. The lowest BCUT2D eigenvalue weighted by atomic mass is 10.1. The Bertz CT molecular complexity index is 531. The molecule has 5 nitrogen and oxygen atoms in total. The Kier molecular flexibility index (Phi) is 3.22. The summed E-state index contributed by atoms with van der Waals surface area (Å²) in [5.41, 5.74) is 0.718. The van der Waals surface area contributed by atoms with Crippen LogP contribution in [0, 0.1) is 6.92 Å². The van der Waals surface area contributed by atoms with Crippen LogP contribution in [0.5, 0.6) is 5.75 Å². The average molecular weight is 263 g/mol. The lowest BCUT2D eigenvalue weighted by Gasteiger charge is -2.30. The highest BCUT2D eigenvalue weighted by Crippen LogP contribution is 2.33. The SMILES string of the molecule is Cc1ccc2c(c1)N(C(=O)OC(C)(C)C)C(=O)CO2. The maximum Gasteiger partial charge on any atom is 0.421 e. The molecule has 0 radical (unpaired) electrons. The highest BCUT2D eigenvalue weighted by molar-refractivity contribution is 6.15. The number of ether oxygens (including phenoxy) is 2. The van der Waals surface area contributed by atoms with Gasteiger partial charge in [-0.05, 0) is 45.4 Å². The van der Waals surface area contributed by atoms with Gasteiger partial charge in [-0.1, -0.05) is 6.07 Å². The van der Waals surface area contributed by atoms with E-state index in [2.05, 4.69) is 0 Å². The van der Waals surface area contributed by atoms with E-state index in [0.29, 0.717) is 11.4 Å². The monoisotopic (exact) mass is 263 g/mol. The minimum atomic E-state index is -0.673. The molecule has 0 aliphatic carbocycles. The fraction of sp³-hybridized carbons (Fsp3) is 0.429. The smallest absolute Gasteiger partial charge is 0.421 e. The van der Waals surface area contributed by atoms with Gasteiger partial charge in [0.25, 0.3) is 5.91 Å². The van der Waals surface area contributed by atoms with E-state index in [1.54, 1.807) is 32.9 Å². The number of rotatable bonds is 0. The summed E-state index contributed by atoms with van der Waals surface area (Å²) in [7, 11) is 0. The van der Waals surface area contributed by atoms with E-state index in [1.807, 2.05) is 13.0 Å². The highest BCUT2D eigenvalue weighted by Gasteiger charge is 2.34. The number of benzene rings is 1. The van der Waals surface area contributed by atoms with Crippen molar-refractivity contribution in [2.75, 3.05) is 11.5 Å². The number of amides is 2. The lowest BCUT2D eigenvalue weighted by Crippen LogP contribution is -2.45. The van der Waals surface area contributed by atoms with Gasteiger partial charge in [-0.2, -0.15) is 0 Å². The van der Waals surface area contributed by atoms with Crippen molar-refractivity contribution < 1.29 is 19.1 Å². The van der Waals surface area contributed by atoms with Crippen LogP contribution in [-0.2, 0) is 9.53 Å². The van der Waals surface area contributed by atoms with Gasteiger partial charge in [-0.25, -0.2) is 9.69 Å². The Hall–Kier alpha value is -2.04. The predicted octanol–water partition coefficient (Wildman–Crippen LogP) is 2.66. The van der Waals surface area contributed by atoms with Gasteiger partial charge in [0.2, 0.25) is 0 Å². The Labute approximate surface area is 112 Å². The standard InChI is InChI=1S/C14H17NO4/c1-9-5-6-11-10(7-9)15(12(16)8-18-11)13(17)19-14(2,3)4/h5-7H,8H2,1-4H3. The van der Waals surface area contributed by atoms with Gasteiger partial charge < -0.3 is 9.47 Å². The number of carbonyl (C=O) groups excluding carboxylic acids is 2. The zero-order valence-corrected chi connectivity index (χ0v) is 11.5. The first-order valence-corrected chi connectivity index (χ1v) is 6.07. The molecular formula is C14H17NO4. The third-order valence-corrected chi connectivity index (χ3v) is 2.53. The van der Waals surface area contributed by atoms with Gasteiger partial charge in [0.05, 0.1) is 5.69 Å². The Morgan fingerprint density at radius 3 is 2.68 bits per heavy atom. The molecule has 0 saturated heterocycles. The van der Waals surface area contributed by atoms with Crippen LogP contribution in [0.2, 0.25) is 0 Å². The number of fused-ring (bicyclic) bond motifs is 1. The molecule has 0 N–H and O–H groups in total. The van der Waals surface area contributed by atoms with Gasteiger partial charge in [0.15, 0.2) is 6.61 Å². The van der Waals surface area contributed by atoms with Crippen LogP contribution >= 0.6 is 0 Å². The van der Waals surface area contributed by atoms with Crippen LogP contribution < -0.4 is 9.64 Å². The van der Waals surface area contributed by atoms with E-state index in [0.717, 1.165) is 10.5 Å². The van der Waals surface area contributed by atoms with Crippen molar-refractivity contribution in [2.45, 2.75) is 33.3 Å². The number of nitrogens with zero attached hydrogens (tertiary/aromatic N) is 1. The third kappa shape index (κ3) is 2.86. The van der Waals surface area contributed by atoms with Crippen molar-refractivity contribution in [1.82, 2.24) is 0 Å². The van der Waals surface area contributed by atoms with Crippen LogP contribution in [-0.4, -0.2) is 24.2 Å². The minimum absolute atomic E-state index is 0.157. The summed E-state index contributed by atoms with van der Waals surface area (Å²) in [5.74, 6) is 0.0865. The summed E-state index contributed by atoms with van der Waals surface area (Å²) < 4.78 is 10.6. The second kappa shape index (κ2) is 4.57. The Morgan fingerprint density at radius 1 is 1.37 bits per heavy atom. The summed E-state index contributed by atoms with van der Waals surface area (Å²) in [6.45, 7) is 6.99. The second-order valence-electron chi connectivity index (χ2n) is 5.47.